The van der Waals surface area contributed by atoms with Crippen LogP contribution >= 0.6 is 11.3 Å². The van der Waals surface area contributed by atoms with Gasteiger partial charge in [0.25, 0.3) is 0 Å². The second-order valence-corrected chi connectivity index (χ2v) is 7.85. The Morgan fingerprint density at radius 1 is 1.07 bits per heavy atom. The smallest absolute Gasteiger partial charge is 0.205 e. The Bertz CT molecular complexity index is 853. The minimum absolute atomic E-state index is 0.124. The zero-order chi connectivity index (χ0) is 18.5. The number of halogens is 1. The molecule has 2 aromatic carbocycles. The zero-order valence-electron chi connectivity index (χ0n) is 15.0. The van der Waals surface area contributed by atoms with Crippen molar-refractivity contribution >= 4 is 16.5 Å². The van der Waals surface area contributed by atoms with Gasteiger partial charge >= 0.3 is 0 Å². The summed E-state index contributed by atoms with van der Waals surface area (Å²) in [5.41, 5.74) is 2.27. The predicted octanol–water partition coefficient (Wildman–Crippen LogP) is 4.85. The van der Waals surface area contributed by atoms with Gasteiger partial charge in [-0.15, -0.1) is 10.2 Å². The molecule has 1 fully saturated rings. The third kappa shape index (κ3) is 4.70. The van der Waals surface area contributed by atoms with E-state index in [0.29, 0.717) is 12.3 Å². The van der Waals surface area contributed by atoms with Crippen LogP contribution in [0.1, 0.15) is 35.1 Å². The highest BCUT2D eigenvalue weighted by Crippen LogP contribution is 2.34. The van der Waals surface area contributed by atoms with Crippen molar-refractivity contribution in [1.82, 2.24) is 10.2 Å². The van der Waals surface area contributed by atoms with Crippen LogP contribution in [0.25, 0.3) is 0 Å². The average molecular weight is 383 g/mol. The van der Waals surface area contributed by atoms with E-state index in [9.17, 15) is 4.39 Å². The van der Waals surface area contributed by atoms with Gasteiger partial charge in [0.1, 0.15) is 10.8 Å². The van der Waals surface area contributed by atoms with Gasteiger partial charge in [-0.25, -0.2) is 4.39 Å². The summed E-state index contributed by atoms with van der Waals surface area (Å²) in [7, 11) is 0. The van der Waals surface area contributed by atoms with Crippen LogP contribution in [0.5, 0.6) is 0 Å². The molecule has 140 valence electrons. The van der Waals surface area contributed by atoms with Gasteiger partial charge in [0.15, 0.2) is 0 Å². The second kappa shape index (κ2) is 8.59. The van der Waals surface area contributed by atoms with Crippen LogP contribution in [0.3, 0.4) is 0 Å². The molecule has 2 unspecified atom stereocenters. The largest absolute Gasteiger partial charge is 0.373 e. The van der Waals surface area contributed by atoms with Gasteiger partial charge in [-0.05, 0) is 36.1 Å². The van der Waals surface area contributed by atoms with Crippen LogP contribution in [-0.2, 0) is 11.2 Å². The Kier molecular flexibility index (Phi) is 5.75. The maximum atomic E-state index is 13.0. The molecule has 2 atom stereocenters. The number of rotatable bonds is 6. The van der Waals surface area contributed by atoms with E-state index in [4.69, 9.17) is 4.74 Å². The number of aromatic nitrogens is 2. The molecule has 0 radical (unpaired) electrons. The molecule has 0 bridgehead atoms. The fraction of sp³-hybridized carbons (Fsp3) is 0.333. The summed E-state index contributed by atoms with van der Waals surface area (Å²) in [4.78, 5) is 0. The normalized spacial score (nSPS) is 19.7. The summed E-state index contributed by atoms with van der Waals surface area (Å²) in [5, 5.41) is 13.7. The summed E-state index contributed by atoms with van der Waals surface area (Å²) in [6.45, 7) is 1.63. The van der Waals surface area contributed by atoms with Crippen LogP contribution < -0.4 is 5.32 Å². The first-order valence-electron chi connectivity index (χ1n) is 9.25. The van der Waals surface area contributed by atoms with E-state index in [-0.39, 0.29) is 11.9 Å². The van der Waals surface area contributed by atoms with E-state index in [0.717, 1.165) is 41.7 Å². The van der Waals surface area contributed by atoms with Gasteiger partial charge in [0.2, 0.25) is 5.13 Å². The van der Waals surface area contributed by atoms with Crippen LogP contribution in [0.2, 0.25) is 0 Å². The number of hydrogen-bond donors (Lipinski definition) is 1. The first kappa shape index (κ1) is 18.1. The van der Waals surface area contributed by atoms with Crippen LogP contribution in [0.15, 0.2) is 54.6 Å². The van der Waals surface area contributed by atoms with Crippen LogP contribution in [0, 0.1) is 11.7 Å². The molecule has 4 rings (SSSR count). The fourth-order valence-electron chi connectivity index (χ4n) is 3.46. The molecule has 27 heavy (non-hydrogen) atoms. The van der Waals surface area contributed by atoms with E-state index in [1.54, 1.807) is 23.5 Å². The molecule has 4 nitrogen and oxygen atoms in total. The Morgan fingerprint density at radius 3 is 2.70 bits per heavy atom. The Hall–Kier alpha value is -2.31. The van der Waals surface area contributed by atoms with Gasteiger partial charge < -0.3 is 10.1 Å². The Morgan fingerprint density at radius 2 is 1.89 bits per heavy atom. The number of hydrogen-bond acceptors (Lipinski definition) is 5. The maximum Gasteiger partial charge on any atom is 0.205 e. The minimum Gasteiger partial charge on any atom is -0.373 e. The maximum absolute atomic E-state index is 13.0. The quantitative estimate of drug-likeness (QED) is 0.661. The van der Waals surface area contributed by atoms with Crippen molar-refractivity contribution in [2.75, 3.05) is 18.5 Å². The lowest BCUT2D eigenvalue weighted by atomic mass is 9.89. The molecule has 6 heteroatoms. The molecular formula is C21H22FN3OS. The number of ether oxygens (including phenoxy) is 1. The molecule has 3 aromatic rings. The topological polar surface area (TPSA) is 47.0 Å². The highest BCUT2D eigenvalue weighted by molar-refractivity contribution is 7.15. The fourth-order valence-corrected chi connectivity index (χ4v) is 4.24. The summed E-state index contributed by atoms with van der Waals surface area (Å²) >= 11 is 1.55. The van der Waals surface area contributed by atoms with Crippen molar-refractivity contribution in [2.45, 2.75) is 25.4 Å². The average Bonchev–Trinajstić information content (AvgIpc) is 3.16. The summed E-state index contributed by atoms with van der Waals surface area (Å²) in [6.07, 6.45) is 3.01. The van der Waals surface area contributed by atoms with Gasteiger partial charge in [-0.2, -0.15) is 0 Å². The molecule has 1 aliphatic heterocycles. The van der Waals surface area contributed by atoms with Crippen LogP contribution in [-0.4, -0.2) is 23.3 Å². The molecule has 0 aliphatic carbocycles. The molecule has 2 heterocycles. The van der Waals surface area contributed by atoms with Crippen LogP contribution in [0.4, 0.5) is 9.52 Å². The highest BCUT2D eigenvalue weighted by atomic mass is 32.1. The summed E-state index contributed by atoms with van der Waals surface area (Å²) < 4.78 is 19.1. The lowest BCUT2D eigenvalue weighted by Gasteiger charge is -2.32. The molecule has 1 aliphatic rings. The zero-order valence-corrected chi connectivity index (χ0v) is 15.8. The minimum atomic E-state index is -0.221. The van der Waals surface area contributed by atoms with E-state index in [1.165, 1.54) is 17.7 Å². The SMILES string of the molecule is Fc1ccc(Cc2nnc(NCC3CCCOC3c3ccccc3)s2)cc1. The van der Waals surface area contributed by atoms with Crippen molar-refractivity contribution in [3.05, 3.63) is 76.5 Å². The summed E-state index contributed by atoms with van der Waals surface area (Å²) in [6, 6.07) is 16.9. The molecule has 1 aromatic heterocycles. The lowest BCUT2D eigenvalue weighted by Crippen LogP contribution is -2.28. The third-order valence-electron chi connectivity index (χ3n) is 4.82. The molecule has 0 saturated carbocycles. The van der Waals surface area contributed by atoms with Crippen molar-refractivity contribution in [1.29, 1.82) is 0 Å². The standard InChI is InChI=1S/C21H22FN3OS/c22-18-10-8-15(9-11-18)13-19-24-25-21(27-19)23-14-17-7-4-12-26-20(17)16-5-2-1-3-6-16/h1-3,5-6,8-11,17,20H,4,7,12-14H2,(H,23,25). The third-order valence-corrected chi connectivity index (χ3v) is 5.70. The van der Waals surface area contributed by atoms with E-state index < -0.39 is 0 Å². The lowest BCUT2D eigenvalue weighted by molar-refractivity contribution is -0.0238. The second-order valence-electron chi connectivity index (χ2n) is 6.79. The molecule has 1 saturated heterocycles. The van der Waals surface area contributed by atoms with Gasteiger partial charge in [-0.1, -0.05) is 53.8 Å². The first-order valence-corrected chi connectivity index (χ1v) is 10.1. The van der Waals surface area contributed by atoms with E-state index in [2.05, 4.69) is 39.8 Å². The molecule has 0 amide bonds. The molecule has 0 spiro atoms. The number of anilines is 1. The van der Waals surface area contributed by atoms with Crippen molar-refractivity contribution in [3.8, 4) is 0 Å². The summed E-state index contributed by atoms with van der Waals surface area (Å²) in [5.74, 6) is 0.187. The number of benzene rings is 2. The van der Waals surface area contributed by atoms with E-state index in [1.807, 2.05) is 6.07 Å². The van der Waals surface area contributed by atoms with Crippen molar-refractivity contribution in [2.24, 2.45) is 5.92 Å². The van der Waals surface area contributed by atoms with Gasteiger partial charge in [0, 0.05) is 25.5 Å². The molecular weight excluding hydrogens is 361 g/mol. The van der Waals surface area contributed by atoms with Crippen molar-refractivity contribution in [3.63, 3.8) is 0 Å². The Labute approximate surface area is 162 Å². The first-order chi connectivity index (χ1) is 13.3. The highest BCUT2D eigenvalue weighted by Gasteiger charge is 2.27. The Balaban J connectivity index is 1.36. The van der Waals surface area contributed by atoms with Gasteiger partial charge in [-0.3, -0.25) is 0 Å². The van der Waals surface area contributed by atoms with Crippen molar-refractivity contribution < 1.29 is 9.13 Å². The van der Waals surface area contributed by atoms with Gasteiger partial charge in [0.05, 0.1) is 6.10 Å². The molecule has 1 N–H and O–H groups in total. The number of nitrogens with one attached hydrogen (secondary N) is 1. The van der Waals surface area contributed by atoms with E-state index >= 15 is 0 Å². The predicted molar refractivity (Wildman–Crippen MR) is 105 cm³/mol. The monoisotopic (exact) mass is 383 g/mol. The number of nitrogens with zero attached hydrogens (tertiary/aromatic N) is 2.